The molecule has 3 aromatic rings. The third-order valence-corrected chi connectivity index (χ3v) is 6.87. The van der Waals surface area contributed by atoms with Gasteiger partial charge in [-0.3, -0.25) is 14.5 Å². The van der Waals surface area contributed by atoms with Crippen LogP contribution in [-0.4, -0.2) is 41.0 Å². The second-order valence-corrected chi connectivity index (χ2v) is 9.15. The number of ether oxygens (including phenoxy) is 2. The molecular formula is C27H26N2O6S. The van der Waals surface area contributed by atoms with Crippen LogP contribution in [0.25, 0.3) is 5.76 Å². The number of hydrogen-bond donors (Lipinski definition) is 1. The van der Waals surface area contributed by atoms with Gasteiger partial charge in [0.05, 0.1) is 30.5 Å². The molecule has 1 aliphatic rings. The van der Waals surface area contributed by atoms with Crippen molar-refractivity contribution in [3.05, 3.63) is 81.4 Å². The van der Waals surface area contributed by atoms with E-state index in [4.69, 9.17) is 9.47 Å². The van der Waals surface area contributed by atoms with Gasteiger partial charge in [-0.25, -0.2) is 9.78 Å². The maximum Gasteiger partial charge on any atom is 0.350 e. The lowest BCUT2D eigenvalue weighted by Gasteiger charge is -2.23. The van der Waals surface area contributed by atoms with Crippen LogP contribution in [0.3, 0.4) is 0 Å². The predicted octanol–water partition coefficient (Wildman–Crippen LogP) is 4.96. The second kappa shape index (κ2) is 10.3. The van der Waals surface area contributed by atoms with Crippen LogP contribution in [-0.2, 0) is 14.3 Å². The Hall–Kier alpha value is -3.98. The summed E-state index contributed by atoms with van der Waals surface area (Å²) in [7, 11) is 0. The fourth-order valence-electron chi connectivity index (χ4n) is 4.00. The number of ketones is 1. The van der Waals surface area contributed by atoms with Crippen molar-refractivity contribution in [1.82, 2.24) is 4.98 Å². The van der Waals surface area contributed by atoms with Gasteiger partial charge in [0, 0.05) is 5.56 Å². The minimum absolute atomic E-state index is 0.0569. The number of aryl methyl sites for hydroxylation is 2. The maximum atomic E-state index is 13.3. The fourth-order valence-corrected chi connectivity index (χ4v) is 4.98. The normalized spacial score (nSPS) is 16.9. The Morgan fingerprint density at radius 2 is 1.69 bits per heavy atom. The van der Waals surface area contributed by atoms with Gasteiger partial charge in [0.2, 0.25) is 0 Å². The molecule has 1 N–H and O–H groups in total. The highest BCUT2D eigenvalue weighted by molar-refractivity contribution is 7.17. The van der Waals surface area contributed by atoms with Gasteiger partial charge in [0.15, 0.2) is 5.13 Å². The Balaban J connectivity index is 1.88. The number of hydrogen-bond acceptors (Lipinski definition) is 8. The summed E-state index contributed by atoms with van der Waals surface area (Å²) < 4.78 is 10.6. The molecule has 2 heterocycles. The summed E-state index contributed by atoms with van der Waals surface area (Å²) in [6, 6.07) is 13.0. The smallest absolute Gasteiger partial charge is 0.350 e. The number of Topliss-reactive ketones (excluding diaryl/α,β-unsaturated/α-hetero) is 1. The molecule has 1 atom stereocenters. The first kappa shape index (κ1) is 25.1. The fraction of sp³-hybridized carbons (Fsp3) is 0.259. The Morgan fingerprint density at radius 1 is 1.03 bits per heavy atom. The van der Waals surface area contributed by atoms with Crippen molar-refractivity contribution in [2.75, 3.05) is 18.1 Å². The first-order chi connectivity index (χ1) is 17.3. The maximum absolute atomic E-state index is 13.3. The Labute approximate surface area is 212 Å². The molecule has 0 unspecified atom stereocenters. The average molecular weight is 507 g/mol. The zero-order valence-electron chi connectivity index (χ0n) is 20.4. The van der Waals surface area contributed by atoms with Gasteiger partial charge in [-0.15, -0.1) is 0 Å². The van der Waals surface area contributed by atoms with Crippen molar-refractivity contribution in [1.29, 1.82) is 0 Å². The molecular weight excluding hydrogens is 480 g/mol. The highest BCUT2D eigenvalue weighted by Gasteiger charge is 2.48. The summed E-state index contributed by atoms with van der Waals surface area (Å²) >= 11 is 0.970. The van der Waals surface area contributed by atoms with Gasteiger partial charge in [-0.1, -0.05) is 53.3 Å². The number of rotatable bonds is 7. The molecule has 8 nitrogen and oxygen atoms in total. The van der Waals surface area contributed by atoms with Gasteiger partial charge < -0.3 is 14.6 Å². The molecule has 0 radical (unpaired) electrons. The van der Waals surface area contributed by atoms with Gasteiger partial charge in [0.25, 0.3) is 5.78 Å². The van der Waals surface area contributed by atoms with Crippen molar-refractivity contribution in [3.8, 4) is 5.75 Å². The Kier molecular flexibility index (Phi) is 7.21. The molecule has 0 saturated carbocycles. The van der Waals surface area contributed by atoms with Crippen molar-refractivity contribution in [2.45, 2.75) is 33.7 Å². The van der Waals surface area contributed by atoms with Crippen molar-refractivity contribution in [2.24, 2.45) is 0 Å². The molecule has 1 amide bonds. The molecule has 1 aromatic heterocycles. The summed E-state index contributed by atoms with van der Waals surface area (Å²) in [5.74, 6) is -1.88. The topological polar surface area (TPSA) is 106 Å². The molecule has 9 heteroatoms. The van der Waals surface area contributed by atoms with Crippen LogP contribution in [0.2, 0.25) is 0 Å². The van der Waals surface area contributed by atoms with E-state index in [1.807, 2.05) is 26.0 Å². The van der Waals surface area contributed by atoms with Crippen LogP contribution >= 0.6 is 11.3 Å². The van der Waals surface area contributed by atoms with E-state index < -0.39 is 23.7 Å². The first-order valence-electron chi connectivity index (χ1n) is 11.5. The number of thiazole rings is 1. The van der Waals surface area contributed by atoms with Crippen LogP contribution in [0.1, 0.15) is 51.9 Å². The lowest BCUT2D eigenvalue weighted by atomic mass is 9.95. The molecule has 186 valence electrons. The average Bonchev–Trinajstić information content (AvgIpc) is 3.37. The molecule has 1 saturated heterocycles. The van der Waals surface area contributed by atoms with E-state index in [-0.39, 0.29) is 27.9 Å². The third kappa shape index (κ3) is 4.61. The van der Waals surface area contributed by atoms with Crippen molar-refractivity contribution >= 4 is 39.9 Å². The van der Waals surface area contributed by atoms with E-state index >= 15 is 0 Å². The van der Waals surface area contributed by atoms with E-state index in [9.17, 15) is 19.5 Å². The number of aliphatic hydroxyl groups excluding tert-OH is 1. The standard InChI is InChI=1S/C27H26N2O6S/c1-5-34-19-13-11-17(12-14-19)21-20(22(30)18-9-7-15(3)8-10-18)23(31)25(32)29(21)27-28-16(4)24(36-27)26(33)35-6-2/h7-14,21,30H,5-6H2,1-4H3/b22-20+/t21-/m1/s1. The van der Waals surface area contributed by atoms with Crippen molar-refractivity contribution in [3.63, 3.8) is 0 Å². The molecule has 4 rings (SSSR count). The molecule has 0 spiro atoms. The number of anilines is 1. The summed E-state index contributed by atoms with van der Waals surface area (Å²) in [6.07, 6.45) is 0. The summed E-state index contributed by atoms with van der Waals surface area (Å²) in [5.41, 5.74) is 2.31. The van der Waals surface area contributed by atoms with Gasteiger partial charge in [-0.2, -0.15) is 0 Å². The largest absolute Gasteiger partial charge is 0.507 e. The van der Waals surface area contributed by atoms with E-state index in [2.05, 4.69) is 4.98 Å². The summed E-state index contributed by atoms with van der Waals surface area (Å²) in [4.78, 5) is 44.9. The van der Waals surface area contributed by atoms with E-state index in [0.717, 1.165) is 16.9 Å². The van der Waals surface area contributed by atoms with Crippen LogP contribution in [0.4, 0.5) is 5.13 Å². The molecule has 0 aliphatic carbocycles. The minimum Gasteiger partial charge on any atom is -0.507 e. The van der Waals surface area contributed by atoms with Crippen LogP contribution in [0.15, 0.2) is 54.1 Å². The Bertz CT molecular complexity index is 1340. The monoisotopic (exact) mass is 506 g/mol. The Morgan fingerprint density at radius 3 is 2.31 bits per heavy atom. The summed E-state index contributed by atoms with van der Waals surface area (Å²) in [6.45, 7) is 7.80. The molecule has 2 aromatic carbocycles. The van der Waals surface area contributed by atoms with Gasteiger partial charge >= 0.3 is 11.9 Å². The second-order valence-electron chi connectivity index (χ2n) is 8.17. The third-order valence-electron chi connectivity index (χ3n) is 5.73. The lowest BCUT2D eigenvalue weighted by molar-refractivity contribution is -0.132. The minimum atomic E-state index is -0.956. The van der Waals surface area contributed by atoms with E-state index in [0.29, 0.717) is 29.2 Å². The molecule has 1 fully saturated rings. The first-order valence-corrected chi connectivity index (χ1v) is 12.3. The van der Waals surface area contributed by atoms with Gasteiger partial charge in [-0.05, 0) is 45.4 Å². The molecule has 1 aliphatic heterocycles. The highest BCUT2D eigenvalue weighted by Crippen LogP contribution is 2.44. The van der Waals surface area contributed by atoms with Crippen molar-refractivity contribution < 1.29 is 29.0 Å². The number of nitrogens with zero attached hydrogens (tertiary/aromatic N) is 2. The van der Waals surface area contributed by atoms with Gasteiger partial charge in [0.1, 0.15) is 16.4 Å². The molecule has 0 bridgehead atoms. The number of carbonyl (C=O) groups excluding carboxylic acids is 3. The number of carbonyl (C=O) groups is 3. The number of aromatic nitrogens is 1. The highest BCUT2D eigenvalue weighted by atomic mass is 32.1. The molecule has 36 heavy (non-hydrogen) atoms. The van der Waals surface area contributed by atoms with E-state index in [1.54, 1.807) is 50.2 Å². The van der Waals surface area contributed by atoms with Crippen LogP contribution in [0.5, 0.6) is 5.75 Å². The van der Waals surface area contributed by atoms with Crippen LogP contribution < -0.4 is 9.64 Å². The number of amides is 1. The number of aliphatic hydroxyl groups is 1. The lowest BCUT2D eigenvalue weighted by Crippen LogP contribution is -2.29. The number of esters is 1. The van der Waals surface area contributed by atoms with E-state index in [1.165, 1.54) is 4.90 Å². The zero-order valence-corrected chi connectivity index (χ0v) is 21.2. The predicted molar refractivity (Wildman–Crippen MR) is 136 cm³/mol. The summed E-state index contributed by atoms with van der Waals surface area (Å²) in [5, 5.41) is 11.4. The number of benzene rings is 2. The zero-order chi connectivity index (χ0) is 26.0. The SMILES string of the molecule is CCOC(=O)c1sc(N2C(=O)C(=O)/C(=C(/O)c3ccc(C)cc3)[C@H]2c2ccc(OCC)cc2)nc1C. The quantitative estimate of drug-likeness (QED) is 0.209. The van der Waals surface area contributed by atoms with Crippen LogP contribution in [0, 0.1) is 13.8 Å².